The Morgan fingerprint density at radius 2 is 1.90 bits per heavy atom. The zero-order chi connectivity index (χ0) is 21.0. The van der Waals surface area contributed by atoms with E-state index in [-0.39, 0.29) is 35.5 Å². The second-order valence-electron chi connectivity index (χ2n) is 6.25. The molecule has 0 radical (unpaired) electrons. The molecule has 0 unspecified atom stereocenters. The van der Waals surface area contributed by atoms with Gasteiger partial charge in [0, 0.05) is 40.4 Å². The molecule has 1 N–H and O–H groups in total. The first-order valence-electron chi connectivity index (χ1n) is 8.73. The number of carbonyl (C=O) groups is 1. The van der Waals surface area contributed by atoms with Crippen molar-refractivity contribution < 1.29 is 9.72 Å². The summed E-state index contributed by atoms with van der Waals surface area (Å²) >= 11 is 5.89. The summed E-state index contributed by atoms with van der Waals surface area (Å²) in [6, 6.07) is 14.4. The van der Waals surface area contributed by atoms with Gasteiger partial charge < -0.3 is 5.32 Å². The van der Waals surface area contributed by atoms with E-state index < -0.39 is 10.8 Å². The highest BCUT2D eigenvalue weighted by Crippen LogP contribution is 2.21. The van der Waals surface area contributed by atoms with Gasteiger partial charge in [-0.2, -0.15) is 5.10 Å². The van der Waals surface area contributed by atoms with Crippen LogP contribution in [0.5, 0.6) is 0 Å². The molecule has 148 valence electrons. The van der Waals surface area contributed by atoms with E-state index in [1.54, 1.807) is 30.3 Å². The van der Waals surface area contributed by atoms with Gasteiger partial charge >= 0.3 is 0 Å². The number of benzene rings is 2. The molecular formula is C20H17ClN4O4. The highest BCUT2D eigenvalue weighted by Gasteiger charge is 2.17. The number of nitrogens with zero attached hydrogens (tertiary/aromatic N) is 3. The van der Waals surface area contributed by atoms with Crippen molar-refractivity contribution in [3.05, 3.63) is 91.2 Å². The van der Waals surface area contributed by atoms with E-state index in [1.165, 1.54) is 35.9 Å². The number of nitro groups is 1. The zero-order valence-electron chi connectivity index (χ0n) is 15.5. The van der Waals surface area contributed by atoms with Crippen LogP contribution in [0.2, 0.25) is 5.02 Å². The van der Waals surface area contributed by atoms with Gasteiger partial charge in [0.25, 0.3) is 17.2 Å². The van der Waals surface area contributed by atoms with Crippen LogP contribution >= 0.6 is 11.6 Å². The Hall–Kier alpha value is -3.52. The van der Waals surface area contributed by atoms with Crippen LogP contribution in [0.25, 0.3) is 11.3 Å². The van der Waals surface area contributed by atoms with Crippen LogP contribution in [0.1, 0.15) is 15.9 Å². The van der Waals surface area contributed by atoms with Gasteiger partial charge in [0.15, 0.2) is 0 Å². The fraction of sp³-hybridized carbons (Fsp3) is 0.150. The Kier molecular flexibility index (Phi) is 6.04. The number of nitro benzene ring substituents is 1. The lowest BCUT2D eigenvalue weighted by molar-refractivity contribution is -0.385. The van der Waals surface area contributed by atoms with Crippen molar-refractivity contribution in [2.75, 3.05) is 6.54 Å². The van der Waals surface area contributed by atoms with E-state index >= 15 is 0 Å². The fourth-order valence-electron chi connectivity index (χ4n) is 2.82. The lowest BCUT2D eigenvalue weighted by atomic mass is 10.1. The van der Waals surface area contributed by atoms with Crippen molar-refractivity contribution in [1.29, 1.82) is 0 Å². The summed E-state index contributed by atoms with van der Waals surface area (Å²) in [4.78, 5) is 34.9. The number of halogens is 1. The van der Waals surface area contributed by atoms with Crippen molar-refractivity contribution in [2.24, 2.45) is 0 Å². The topological polar surface area (TPSA) is 107 Å². The number of hydrogen-bond donors (Lipinski definition) is 1. The molecule has 0 spiro atoms. The molecule has 9 heteroatoms. The van der Waals surface area contributed by atoms with Crippen LogP contribution in [0.3, 0.4) is 0 Å². The predicted octanol–water partition coefficient (Wildman–Crippen LogP) is 3.21. The Morgan fingerprint density at radius 1 is 1.17 bits per heavy atom. The van der Waals surface area contributed by atoms with Crippen LogP contribution in [-0.2, 0) is 6.54 Å². The summed E-state index contributed by atoms with van der Waals surface area (Å²) in [5, 5.41) is 18.6. The molecule has 3 rings (SSSR count). The molecule has 8 nitrogen and oxygen atoms in total. The van der Waals surface area contributed by atoms with E-state index in [0.717, 1.165) is 5.56 Å². The first kappa shape index (κ1) is 20.2. The number of carbonyl (C=O) groups excluding carboxylic acids is 1. The van der Waals surface area contributed by atoms with E-state index in [1.807, 2.05) is 0 Å². The molecule has 2 aromatic carbocycles. The second kappa shape index (κ2) is 8.66. The van der Waals surface area contributed by atoms with Crippen molar-refractivity contribution in [3.8, 4) is 11.3 Å². The maximum absolute atomic E-state index is 12.4. The smallest absolute Gasteiger partial charge is 0.273 e. The molecule has 0 aliphatic carbocycles. The minimum absolute atomic E-state index is 0.119. The first-order chi connectivity index (χ1) is 13.9. The summed E-state index contributed by atoms with van der Waals surface area (Å²) in [6.07, 6.45) is 0. The van der Waals surface area contributed by atoms with Crippen LogP contribution in [0.15, 0.2) is 59.4 Å². The molecule has 29 heavy (non-hydrogen) atoms. The monoisotopic (exact) mass is 412 g/mol. The largest absolute Gasteiger partial charge is 0.350 e. The van der Waals surface area contributed by atoms with Gasteiger partial charge in [-0.05, 0) is 31.2 Å². The molecule has 1 amide bonds. The second-order valence-corrected chi connectivity index (χ2v) is 6.69. The summed E-state index contributed by atoms with van der Waals surface area (Å²) in [7, 11) is 0. The van der Waals surface area contributed by atoms with Crippen molar-refractivity contribution in [2.45, 2.75) is 13.5 Å². The molecule has 0 bridgehead atoms. The quantitative estimate of drug-likeness (QED) is 0.494. The SMILES string of the molecule is Cc1c(C(=O)NCCn2nc(-c3ccc(Cl)cc3)ccc2=O)cccc1[N+](=O)[O-]. The fourth-order valence-corrected chi connectivity index (χ4v) is 2.95. The van der Waals surface area contributed by atoms with Crippen molar-refractivity contribution in [1.82, 2.24) is 15.1 Å². The number of hydrogen-bond acceptors (Lipinski definition) is 5. The number of rotatable bonds is 6. The van der Waals surface area contributed by atoms with Crippen molar-refractivity contribution >= 4 is 23.2 Å². The highest BCUT2D eigenvalue weighted by atomic mass is 35.5. The maximum atomic E-state index is 12.4. The average Bonchev–Trinajstić information content (AvgIpc) is 2.70. The zero-order valence-corrected chi connectivity index (χ0v) is 16.2. The van der Waals surface area contributed by atoms with Crippen molar-refractivity contribution in [3.63, 3.8) is 0 Å². The maximum Gasteiger partial charge on any atom is 0.273 e. The Balaban J connectivity index is 1.71. The van der Waals surface area contributed by atoms with E-state index in [0.29, 0.717) is 10.7 Å². The third-order valence-electron chi connectivity index (χ3n) is 4.36. The molecule has 0 aliphatic heterocycles. The third kappa shape index (κ3) is 4.67. The Bertz CT molecular complexity index is 1130. The van der Waals surface area contributed by atoms with Gasteiger partial charge in [-0.15, -0.1) is 0 Å². The van der Waals surface area contributed by atoms with E-state index in [2.05, 4.69) is 10.4 Å². The van der Waals surface area contributed by atoms with Gasteiger partial charge in [0.2, 0.25) is 0 Å². The minimum atomic E-state index is -0.530. The minimum Gasteiger partial charge on any atom is -0.350 e. The van der Waals surface area contributed by atoms with Crippen LogP contribution in [0, 0.1) is 17.0 Å². The summed E-state index contributed by atoms with van der Waals surface area (Å²) in [6.45, 7) is 1.81. The molecule has 0 aliphatic rings. The summed E-state index contributed by atoms with van der Waals surface area (Å²) in [5.74, 6) is -0.451. The van der Waals surface area contributed by atoms with Gasteiger partial charge in [0.1, 0.15) is 0 Å². The number of amides is 1. The lowest BCUT2D eigenvalue weighted by Gasteiger charge is -2.10. The summed E-state index contributed by atoms with van der Waals surface area (Å²) < 4.78 is 1.25. The predicted molar refractivity (Wildman–Crippen MR) is 109 cm³/mol. The molecule has 1 heterocycles. The lowest BCUT2D eigenvalue weighted by Crippen LogP contribution is -2.32. The van der Waals surface area contributed by atoms with Crippen LogP contribution < -0.4 is 10.9 Å². The highest BCUT2D eigenvalue weighted by molar-refractivity contribution is 6.30. The van der Waals surface area contributed by atoms with Gasteiger partial charge in [0.05, 0.1) is 17.2 Å². The van der Waals surface area contributed by atoms with Crippen LogP contribution in [-0.4, -0.2) is 27.2 Å². The standard InChI is InChI=1S/C20H17ClN4O4/c1-13-16(3-2-4-18(13)25(28)29)20(27)22-11-12-24-19(26)10-9-17(23-24)14-5-7-15(21)8-6-14/h2-10H,11-12H2,1H3,(H,22,27). The number of aromatic nitrogens is 2. The van der Waals surface area contributed by atoms with E-state index in [9.17, 15) is 19.7 Å². The van der Waals surface area contributed by atoms with Gasteiger partial charge in [-0.3, -0.25) is 19.7 Å². The molecule has 0 atom stereocenters. The molecular weight excluding hydrogens is 396 g/mol. The van der Waals surface area contributed by atoms with E-state index in [4.69, 9.17) is 11.6 Å². The number of nitrogens with one attached hydrogen (secondary N) is 1. The third-order valence-corrected chi connectivity index (χ3v) is 4.61. The average molecular weight is 413 g/mol. The Labute approximate surface area is 170 Å². The van der Waals surface area contributed by atoms with Crippen LogP contribution in [0.4, 0.5) is 5.69 Å². The normalized spacial score (nSPS) is 10.6. The first-order valence-corrected chi connectivity index (χ1v) is 9.11. The molecule has 0 fully saturated rings. The molecule has 0 saturated heterocycles. The Morgan fingerprint density at radius 3 is 2.59 bits per heavy atom. The van der Waals surface area contributed by atoms with Gasteiger partial charge in [-0.1, -0.05) is 29.8 Å². The van der Waals surface area contributed by atoms with Gasteiger partial charge in [-0.25, -0.2) is 4.68 Å². The molecule has 0 saturated carbocycles. The molecule has 3 aromatic rings. The summed E-state index contributed by atoms with van der Waals surface area (Å²) in [5.41, 5.74) is 1.49. The molecule has 1 aromatic heterocycles.